The third-order valence-electron chi connectivity index (χ3n) is 4.46. The van der Waals surface area contributed by atoms with Crippen LogP contribution in [0.15, 0.2) is 11.0 Å². The maximum atomic E-state index is 13.0. The van der Waals surface area contributed by atoms with Crippen LogP contribution in [0.3, 0.4) is 0 Å². The topological polar surface area (TPSA) is 20.3 Å². The van der Waals surface area contributed by atoms with Gasteiger partial charge in [0.2, 0.25) is 5.91 Å². The number of thioether (sulfide) groups is 1. The molecule has 0 aromatic rings. The second-order valence-electron chi connectivity index (χ2n) is 6.62. The number of allylic oxidation sites excluding steroid dienone is 1. The van der Waals surface area contributed by atoms with Gasteiger partial charge in [-0.05, 0) is 51.4 Å². The van der Waals surface area contributed by atoms with Crippen molar-refractivity contribution in [3.05, 3.63) is 11.0 Å². The third-order valence-corrected chi connectivity index (χ3v) is 5.93. The highest BCUT2D eigenvalue weighted by atomic mass is 32.2. The van der Waals surface area contributed by atoms with Crippen LogP contribution in [0, 0.1) is 5.41 Å². The summed E-state index contributed by atoms with van der Waals surface area (Å²) in [7, 11) is 0. The molecule has 0 aliphatic carbocycles. The Balaban J connectivity index is 2.16. The first kappa shape index (κ1) is 15.0. The minimum Gasteiger partial charge on any atom is -0.336 e. The lowest BCUT2D eigenvalue weighted by atomic mass is 9.90. The largest absolute Gasteiger partial charge is 0.336 e. The number of nitrogens with zero attached hydrogens (tertiary/aromatic N) is 1. The Bertz CT molecular complexity index is 366. The smallest absolute Gasteiger partial charge is 0.233 e. The Hall–Kier alpha value is -0.440. The van der Waals surface area contributed by atoms with Gasteiger partial charge in [-0.25, -0.2) is 0 Å². The van der Waals surface area contributed by atoms with Crippen LogP contribution in [0.5, 0.6) is 0 Å². The van der Waals surface area contributed by atoms with E-state index >= 15 is 0 Å². The number of carbonyl (C=O) groups excluding carboxylic acids is 1. The van der Waals surface area contributed by atoms with E-state index in [1.807, 2.05) is 11.8 Å². The van der Waals surface area contributed by atoms with Gasteiger partial charge in [0.05, 0.1) is 5.41 Å². The predicted octanol–water partition coefficient (Wildman–Crippen LogP) is 4.21. The molecule has 0 N–H and O–H groups in total. The number of rotatable bonds is 4. The van der Waals surface area contributed by atoms with Crippen LogP contribution in [-0.2, 0) is 4.79 Å². The zero-order valence-corrected chi connectivity index (χ0v) is 13.7. The normalized spacial score (nSPS) is 27.5. The maximum absolute atomic E-state index is 13.0. The van der Waals surface area contributed by atoms with E-state index in [0.717, 1.165) is 0 Å². The van der Waals surface area contributed by atoms with E-state index < -0.39 is 0 Å². The summed E-state index contributed by atoms with van der Waals surface area (Å²) in [6.07, 6.45) is 6.99. The van der Waals surface area contributed by atoms with Crippen molar-refractivity contribution in [2.45, 2.75) is 77.6 Å². The van der Waals surface area contributed by atoms with Crippen LogP contribution >= 0.6 is 11.8 Å². The van der Waals surface area contributed by atoms with Crippen molar-refractivity contribution in [3.63, 3.8) is 0 Å². The first-order chi connectivity index (χ1) is 8.87. The molecule has 2 fully saturated rings. The Kier molecular flexibility index (Phi) is 4.34. The highest BCUT2D eigenvalue weighted by Gasteiger charge is 2.47. The molecule has 108 valence electrons. The fourth-order valence-electron chi connectivity index (χ4n) is 3.50. The van der Waals surface area contributed by atoms with Crippen molar-refractivity contribution in [1.29, 1.82) is 0 Å². The molecule has 3 heteroatoms. The van der Waals surface area contributed by atoms with Gasteiger partial charge >= 0.3 is 0 Å². The molecule has 0 radical (unpaired) electrons. The van der Waals surface area contributed by atoms with Gasteiger partial charge in [-0.1, -0.05) is 19.9 Å². The van der Waals surface area contributed by atoms with Crippen LogP contribution < -0.4 is 0 Å². The molecule has 1 amide bonds. The minimum absolute atomic E-state index is 0.346. The molecule has 2 heterocycles. The SMILES string of the molecule is C/C=C(\SC(C)C)C(C)(C)C(=O)N1C2CCC1CC2. The lowest BCUT2D eigenvalue weighted by Gasteiger charge is -2.34. The van der Waals surface area contributed by atoms with E-state index in [1.54, 1.807) is 0 Å². The predicted molar refractivity (Wildman–Crippen MR) is 83.2 cm³/mol. The Morgan fingerprint density at radius 2 is 1.68 bits per heavy atom. The van der Waals surface area contributed by atoms with Gasteiger partial charge in [0.1, 0.15) is 0 Å². The first-order valence-corrected chi connectivity index (χ1v) is 8.42. The lowest BCUT2D eigenvalue weighted by Crippen LogP contribution is -2.44. The number of amides is 1. The van der Waals surface area contributed by atoms with E-state index in [-0.39, 0.29) is 5.41 Å². The van der Waals surface area contributed by atoms with Gasteiger partial charge in [0.15, 0.2) is 0 Å². The van der Waals surface area contributed by atoms with Crippen molar-refractivity contribution in [2.24, 2.45) is 5.41 Å². The molecule has 2 rings (SSSR count). The van der Waals surface area contributed by atoms with E-state index in [2.05, 4.69) is 45.6 Å². The summed E-state index contributed by atoms with van der Waals surface area (Å²) in [6, 6.07) is 1.05. The molecule has 2 aliphatic rings. The van der Waals surface area contributed by atoms with Crippen LogP contribution in [0.25, 0.3) is 0 Å². The standard InChI is InChI=1S/C16H27NOS/c1-6-14(19-11(2)3)16(4,5)15(18)17-12-7-8-13(17)10-9-12/h6,11-13H,7-10H2,1-5H3/b14-6-. The van der Waals surface area contributed by atoms with E-state index in [9.17, 15) is 4.79 Å². The number of carbonyl (C=O) groups is 1. The Labute approximate surface area is 122 Å². The molecule has 0 unspecified atom stereocenters. The van der Waals surface area contributed by atoms with Gasteiger partial charge in [-0.15, -0.1) is 11.8 Å². The van der Waals surface area contributed by atoms with Gasteiger partial charge in [-0.3, -0.25) is 4.79 Å². The molecular formula is C16H27NOS. The average molecular weight is 281 g/mol. The van der Waals surface area contributed by atoms with Gasteiger partial charge in [0.25, 0.3) is 0 Å². The van der Waals surface area contributed by atoms with Crippen molar-refractivity contribution in [3.8, 4) is 0 Å². The summed E-state index contributed by atoms with van der Waals surface area (Å²) in [4.78, 5) is 16.4. The fourth-order valence-corrected chi connectivity index (χ4v) is 4.53. The Morgan fingerprint density at radius 3 is 2.05 bits per heavy atom. The summed E-state index contributed by atoms with van der Waals surface area (Å²) in [6.45, 7) is 10.6. The molecule has 2 aliphatic heterocycles. The summed E-state index contributed by atoms with van der Waals surface area (Å²) >= 11 is 1.83. The summed E-state index contributed by atoms with van der Waals surface area (Å²) < 4.78 is 0. The zero-order valence-electron chi connectivity index (χ0n) is 12.9. The minimum atomic E-state index is -0.366. The van der Waals surface area contributed by atoms with Crippen LogP contribution in [-0.4, -0.2) is 28.1 Å². The van der Waals surface area contributed by atoms with E-state index in [1.165, 1.54) is 30.6 Å². The highest BCUT2D eigenvalue weighted by molar-refractivity contribution is 8.03. The molecule has 0 spiro atoms. The molecule has 2 bridgehead atoms. The molecule has 0 aromatic heterocycles. The van der Waals surface area contributed by atoms with Crippen molar-refractivity contribution in [2.75, 3.05) is 0 Å². The maximum Gasteiger partial charge on any atom is 0.233 e. The van der Waals surface area contributed by atoms with Gasteiger partial charge in [0, 0.05) is 17.3 Å². The summed E-state index contributed by atoms with van der Waals surface area (Å²) in [5.41, 5.74) is -0.366. The monoisotopic (exact) mass is 281 g/mol. The molecule has 2 nitrogen and oxygen atoms in total. The molecule has 19 heavy (non-hydrogen) atoms. The van der Waals surface area contributed by atoms with Crippen LogP contribution in [0.1, 0.15) is 60.3 Å². The molecular weight excluding hydrogens is 254 g/mol. The highest BCUT2D eigenvalue weighted by Crippen LogP contribution is 2.44. The second kappa shape index (κ2) is 5.51. The number of fused-ring (bicyclic) bond motifs is 2. The van der Waals surface area contributed by atoms with Crippen molar-refractivity contribution >= 4 is 17.7 Å². The third kappa shape index (κ3) is 2.72. The first-order valence-electron chi connectivity index (χ1n) is 7.54. The Morgan fingerprint density at radius 1 is 1.21 bits per heavy atom. The number of hydrogen-bond donors (Lipinski definition) is 0. The van der Waals surface area contributed by atoms with E-state index in [0.29, 0.717) is 23.2 Å². The quantitative estimate of drug-likeness (QED) is 0.769. The van der Waals surface area contributed by atoms with Crippen LogP contribution in [0.2, 0.25) is 0 Å². The molecule has 0 saturated carbocycles. The molecule has 0 aromatic carbocycles. The number of hydrogen-bond acceptors (Lipinski definition) is 2. The fraction of sp³-hybridized carbons (Fsp3) is 0.812. The van der Waals surface area contributed by atoms with E-state index in [4.69, 9.17) is 0 Å². The lowest BCUT2D eigenvalue weighted by molar-refractivity contribution is -0.139. The molecule has 2 saturated heterocycles. The second-order valence-corrected chi connectivity index (χ2v) is 8.24. The summed E-state index contributed by atoms with van der Waals surface area (Å²) in [5, 5.41) is 0.522. The van der Waals surface area contributed by atoms with Gasteiger partial charge < -0.3 is 4.90 Å². The zero-order chi connectivity index (χ0) is 14.2. The molecule has 0 atom stereocenters. The average Bonchev–Trinajstić information content (AvgIpc) is 2.94. The summed E-state index contributed by atoms with van der Waals surface area (Å²) in [5.74, 6) is 0.346. The van der Waals surface area contributed by atoms with Crippen molar-refractivity contribution < 1.29 is 4.79 Å². The van der Waals surface area contributed by atoms with Crippen molar-refractivity contribution in [1.82, 2.24) is 4.90 Å². The van der Waals surface area contributed by atoms with Crippen LogP contribution in [0.4, 0.5) is 0 Å². The van der Waals surface area contributed by atoms with Gasteiger partial charge in [-0.2, -0.15) is 0 Å².